The number of benzene rings is 2. The Labute approximate surface area is 250 Å². The summed E-state index contributed by atoms with van der Waals surface area (Å²) in [4.78, 5) is 44.0. The third-order valence-electron chi connectivity index (χ3n) is 9.48. The molecule has 2 heterocycles. The van der Waals surface area contributed by atoms with Crippen molar-refractivity contribution in [2.24, 2.45) is 13.0 Å². The number of carbonyl (C=O) groups excluding carboxylic acids is 3. The van der Waals surface area contributed by atoms with Gasteiger partial charge in [-0.1, -0.05) is 18.6 Å². The maximum atomic E-state index is 13.2. The Morgan fingerprint density at radius 1 is 0.977 bits per heavy atom. The number of unbranched alkanes of at least 4 members (excludes halogenated alkanes) is 1. The van der Waals surface area contributed by atoms with Gasteiger partial charge in [0.05, 0.1) is 5.41 Å². The van der Waals surface area contributed by atoms with Crippen molar-refractivity contribution in [3.63, 3.8) is 0 Å². The molecule has 3 aliphatic rings. The van der Waals surface area contributed by atoms with Gasteiger partial charge in [-0.2, -0.15) is 0 Å². The van der Waals surface area contributed by atoms with Gasteiger partial charge in [-0.05, 0) is 95.0 Å². The summed E-state index contributed by atoms with van der Waals surface area (Å²) in [6.07, 6.45) is 5.19. The molecule has 6 rings (SSSR count). The van der Waals surface area contributed by atoms with Gasteiger partial charge in [-0.15, -0.1) is 5.10 Å². The summed E-state index contributed by atoms with van der Waals surface area (Å²) in [5, 5.41) is 18.2. The minimum absolute atomic E-state index is 0.0625. The molecule has 3 aromatic rings. The molecule has 3 amide bonds. The lowest BCUT2D eigenvalue weighted by Gasteiger charge is -2.35. The van der Waals surface area contributed by atoms with Crippen molar-refractivity contribution < 1.29 is 14.4 Å². The van der Waals surface area contributed by atoms with E-state index in [1.54, 1.807) is 18.8 Å². The summed E-state index contributed by atoms with van der Waals surface area (Å²) < 4.78 is 1.70. The number of fused-ring (bicyclic) bond motifs is 3. The molecule has 1 saturated heterocycles. The summed E-state index contributed by atoms with van der Waals surface area (Å²) in [6, 6.07) is 11.9. The fourth-order valence-corrected chi connectivity index (χ4v) is 7.32. The SMILES string of the molecule is [C-]#[N+][C@@H]1C[C@@H]2C[C@@H]2N1C(=O)CCCCC1(c2nnnn2C)c2ccc(C(=O)NC)cc2CCc2cc(C(=O)NC)ccc21. The fraction of sp³-hybridized carbons (Fsp3) is 0.469. The molecule has 1 aromatic heterocycles. The first kappa shape index (κ1) is 28.5. The molecule has 1 saturated carbocycles. The van der Waals surface area contributed by atoms with Gasteiger partial charge in [-0.3, -0.25) is 24.1 Å². The average Bonchev–Trinajstić information content (AvgIpc) is 3.53. The van der Waals surface area contributed by atoms with Crippen molar-refractivity contribution in [2.75, 3.05) is 14.1 Å². The number of piperidine rings is 1. The van der Waals surface area contributed by atoms with Crippen molar-refractivity contribution in [1.82, 2.24) is 35.7 Å². The van der Waals surface area contributed by atoms with E-state index in [1.165, 1.54) is 0 Å². The zero-order valence-electron chi connectivity index (χ0n) is 24.8. The highest BCUT2D eigenvalue weighted by atomic mass is 16.2. The number of tetrazole rings is 1. The van der Waals surface area contributed by atoms with E-state index < -0.39 is 5.41 Å². The van der Waals surface area contributed by atoms with Crippen LogP contribution in [0, 0.1) is 12.5 Å². The zero-order chi connectivity index (χ0) is 30.3. The van der Waals surface area contributed by atoms with Gasteiger partial charge < -0.3 is 10.6 Å². The number of carbonyl (C=O) groups is 3. The topological polar surface area (TPSA) is 126 Å². The number of likely N-dealkylation sites (tertiary alicyclic amines) is 1. The van der Waals surface area contributed by atoms with E-state index in [0.717, 1.165) is 35.1 Å². The number of nitrogens with one attached hydrogen (secondary N) is 2. The maximum absolute atomic E-state index is 13.2. The van der Waals surface area contributed by atoms with Crippen molar-refractivity contribution in [3.05, 3.63) is 87.0 Å². The molecule has 11 nitrogen and oxygen atoms in total. The molecule has 0 bridgehead atoms. The van der Waals surface area contributed by atoms with Crippen molar-refractivity contribution in [3.8, 4) is 0 Å². The molecular formula is C32H36N8O3. The van der Waals surface area contributed by atoms with Gasteiger partial charge in [0.2, 0.25) is 5.91 Å². The third-order valence-corrected chi connectivity index (χ3v) is 9.48. The summed E-state index contributed by atoms with van der Waals surface area (Å²) in [5.74, 6) is 0.902. The third kappa shape index (κ3) is 4.84. The van der Waals surface area contributed by atoms with Gasteiger partial charge in [0.15, 0.2) is 5.82 Å². The highest BCUT2D eigenvalue weighted by Gasteiger charge is 2.57. The second-order valence-electron chi connectivity index (χ2n) is 11.9. The summed E-state index contributed by atoms with van der Waals surface area (Å²) >= 11 is 0. The molecule has 2 fully saturated rings. The van der Waals surface area contributed by atoms with Gasteiger partial charge >= 0.3 is 6.17 Å². The number of aryl methyl sites for hydroxylation is 3. The Bertz CT molecular complexity index is 1570. The predicted molar refractivity (Wildman–Crippen MR) is 158 cm³/mol. The number of hydrogen-bond donors (Lipinski definition) is 2. The first-order valence-electron chi connectivity index (χ1n) is 14.9. The van der Waals surface area contributed by atoms with Crippen LogP contribution in [0.15, 0.2) is 36.4 Å². The zero-order valence-corrected chi connectivity index (χ0v) is 24.8. The molecule has 222 valence electrons. The van der Waals surface area contributed by atoms with Crippen LogP contribution < -0.4 is 10.6 Å². The van der Waals surface area contributed by atoms with Crippen LogP contribution in [0.2, 0.25) is 0 Å². The smallest absolute Gasteiger partial charge is 0.301 e. The number of rotatable bonds is 8. The van der Waals surface area contributed by atoms with Crippen LogP contribution in [0.25, 0.3) is 4.85 Å². The first-order valence-corrected chi connectivity index (χ1v) is 14.9. The number of nitrogens with zero attached hydrogens (tertiary/aromatic N) is 6. The second-order valence-corrected chi connectivity index (χ2v) is 11.9. The van der Waals surface area contributed by atoms with Crippen LogP contribution in [-0.4, -0.2) is 69.1 Å². The van der Waals surface area contributed by atoms with E-state index >= 15 is 0 Å². The average molecular weight is 581 g/mol. The van der Waals surface area contributed by atoms with E-state index in [-0.39, 0.29) is 29.9 Å². The number of aromatic nitrogens is 4. The molecule has 2 aromatic carbocycles. The molecule has 0 spiro atoms. The lowest BCUT2D eigenvalue weighted by molar-refractivity contribution is -0.132. The Balaban J connectivity index is 1.40. The Morgan fingerprint density at radius 3 is 2.14 bits per heavy atom. The standard InChI is InChI=1S/C32H36N8O3/c1-33-27-18-23-17-26(23)40(27)28(41)7-5-6-14-32(31-36-37-38-39(31)4)24-12-10-21(29(42)34-2)15-19(24)8-9-20-16-22(30(43)35-3)11-13-25(20)32/h10-13,15-16,23,26-27H,5-9,14,17-18H2,2-4H3,(H,34,42)(H,35,43)/t23-,26-,27-/m0/s1. The summed E-state index contributed by atoms with van der Waals surface area (Å²) in [5.41, 5.74) is 4.45. The highest BCUT2D eigenvalue weighted by molar-refractivity contribution is 5.95. The van der Waals surface area contributed by atoms with Crippen molar-refractivity contribution in [2.45, 2.75) is 69.0 Å². The largest absolute Gasteiger partial charge is 0.355 e. The monoisotopic (exact) mass is 580 g/mol. The molecule has 3 atom stereocenters. The van der Waals surface area contributed by atoms with Gasteiger partial charge in [-0.25, -0.2) is 11.3 Å². The van der Waals surface area contributed by atoms with Crippen molar-refractivity contribution in [1.29, 1.82) is 0 Å². The van der Waals surface area contributed by atoms with Crippen LogP contribution in [0.4, 0.5) is 0 Å². The molecule has 2 N–H and O–H groups in total. The second kappa shape index (κ2) is 11.2. The van der Waals surface area contributed by atoms with Gasteiger partial charge in [0, 0.05) is 51.2 Å². The van der Waals surface area contributed by atoms with E-state index in [2.05, 4.69) is 31.0 Å². The molecule has 2 aliphatic carbocycles. The Kier molecular flexibility index (Phi) is 7.46. The van der Waals surface area contributed by atoms with E-state index in [0.29, 0.717) is 61.4 Å². The van der Waals surface area contributed by atoms with Crippen LogP contribution in [0.5, 0.6) is 0 Å². The van der Waals surface area contributed by atoms with E-state index in [1.807, 2.05) is 48.3 Å². The van der Waals surface area contributed by atoms with Crippen molar-refractivity contribution >= 4 is 17.7 Å². The molecule has 1 aliphatic heterocycles. The summed E-state index contributed by atoms with van der Waals surface area (Å²) in [6.45, 7) is 7.53. The van der Waals surface area contributed by atoms with E-state index in [4.69, 9.17) is 6.57 Å². The normalized spacial score (nSPS) is 21.1. The predicted octanol–water partition coefficient (Wildman–Crippen LogP) is 2.79. The number of hydrogen-bond acceptors (Lipinski definition) is 6. The van der Waals surface area contributed by atoms with E-state index in [9.17, 15) is 14.4 Å². The van der Waals surface area contributed by atoms with Crippen LogP contribution in [0.1, 0.15) is 87.3 Å². The molecular weight excluding hydrogens is 544 g/mol. The minimum atomic E-state index is -0.779. The first-order chi connectivity index (χ1) is 20.8. The minimum Gasteiger partial charge on any atom is -0.355 e. The lowest BCUT2D eigenvalue weighted by Crippen LogP contribution is -2.37. The number of amides is 3. The Hall–Kier alpha value is -4.59. The molecule has 0 radical (unpaired) electrons. The maximum Gasteiger partial charge on any atom is 0.301 e. The summed E-state index contributed by atoms with van der Waals surface area (Å²) in [7, 11) is 5.06. The van der Waals surface area contributed by atoms with Gasteiger partial charge in [0.1, 0.15) is 0 Å². The molecule has 43 heavy (non-hydrogen) atoms. The Morgan fingerprint density at radius 2 is 1.60 bits per heavy atom. The molecule has 0 unspecified atom stereocenters. The lowest BCUT2D eigenvalue weighted by atomic mass is 9.68. The van der Waals surface area contributed by atoms with Crippen LogP contribution in [-0.2, 0) is 30.1 Å². The van der Waals surface area contributed by atoms with Gasteiger partial charge in [0.25, 0.3) is 11.8 Å². The van der Waals surface area contributed by atoms with Crippen LogP contribution in [0.3, 0.4) is 0 Å². The molecule has 11 heteroatoms. The van der Waals surface area contributed by atoms with Crippen LogP contribution >= 0.6 is 0 Å². The fourth-order valence-electron chi connectivity index (χ4n) is 7.32. The highest BCUT2D eigenvalue weighted by Crippen LogP contribution is 2.49. The quantitative estimate of drug-likeness (QED) is 0.312.